The summed E-state index contributed by atoms with van der Waals surface area (Å²) in [5, 5.41) is 0. The standard InChI is InChI=1S/C26H28N4O3/c1-32-23-6-4-20(5-7-23)16-29-18-24(22-3-2-10-28-15-22)26(19-29)25(31)30(13-14-33-26)17-21-8-11-27-12-9-21/h2-12,15,24H,13-14,16-19H2,1H3/t24-,26-/m0/s1. The van der Waals surface area contributed by atoms with Crippen LogP contribution in [0.5, 0.6) is 5.75 Å². The molecule has 4 heterocycles. The zero-order chi connectivity index (χ0) is 22.7. The van der Waals surface area contributed by atoms with E-state index in [4.69, 9.17) is 9.47 Å². The molecule has 2 aliphatic heterocycles. The van der Waals surface area contributed by atoms with E-state index < -0.39 is 5.60 Å². The monoisotopic (exact) mass is 444 g/mol. The van der Waals surface area contributed by atoms with Crippen molar-refractivity contribution >= 4 is 5.91 Å². The second-order valence-electron chi connectivity index (χ2n) is 8.68. The molecular formula is C26H28N4O3. The van der Waals surface area contributed by atoms with Crippen LogP contribution in [0.3, 0.4) is 0 Å². The van der Waals surface area contributed by atoms with Gasteiger partial charge in [0.05, 0.1) is 13.7 Å². The number of methoxy groups -OCH3 is 1. The first-order valence-electron chi connectivity index (χ1n) is 11.3. The van der Waals surface area contributed by atoms with Gasteiger partial charge in [-0.3, -0.25) is 19.7 Å². The highest BCUT2D eigenvalue weighted by Gasteiger charge is 2.56. The van der Waals surface area contributed by atoms with Gasteiger partial charge in [-0.25, -0.2) is 0 Å². The fourth-order valence-electron chi connectivity index (χ4n) is 4.97. The molecule has 0 aliphatic carbocycles. The molecule has 5 rings (SSSR count). The largest absolute Gasteiger partial charge is 0.497 e. The quantitative estimate of drug-likeness (QED) is 0.583. The molecule has 7 nitrogen and oxygen atoms in total. The molecule has 2 aromatic heterocycles. The van der Waals surface area contributed by atoms with E-state index in [1.807, 2.05) is 41.4 Å². The predicted molar refractivity (Wildman–Crippen MR) is 124 cm³/mol. The number of ether oxygens (including phenoxy) is 2. The summed E-state index contributed by atoms with van der Waals surface area (Å²) in [5.41, 5.74) is 2.37. The Kier molecular flexibility index (Phi) is 6.07. The normalized spacial score (nSPS) is 23.2. The van der Waals surface area contributed by atoms with Crippen LogP contribution < -0.4 is 4.74 Å². The number of carbonyl (C=O) groups excluding carboxylic acids is 1. The van der Waals surface area contributed by atoms with Gasteiger partial charge in [0.2, 0.25) is 0 Å². The van der Waals surface area contributed by atoms with Crippen LogP contribution in [-0.2, 0) is 22.6 Å². The van der Waals surface area contributed by atoms with Crippen LogP contribution in [0.25, 0.3) is 0 Å². The van der Waals surface area contributed by atoms with Crippen LogP contribution in [0.1, 0.15) is 22.6 Å². The van der Waals surface area contributed by atoms with Gasteiger partial charge in [-0.05, 0) is 47.0 Å². The first-order chi connectivity index (χ1) is 16.2. The number of benzene rings is 1. The average molecular weight is 445 g/mol. The van der Waals surface area contributed by atoms with Crippen molar-refractivity contribution in [1.29, 1.82) is 0 Å². The Morgan fingerprint density at radius 3 is 2.55 bits per heavy atom. The molecule has 2 atom stereocenters. The first kappa shape index (κ1) is 21.6. The Balaban J connectivity index is 1.42. The summed E-state index contributed by atoms with van der Waals surface area (Å²) >= 11 is 0. The topological polar surface area (TPSA) is 67.8 Å². The molecule has 2 fully saturated rings. The summed E-state index contributed by atoms with van der Waals surface area (Å²) in [6.45, 7) is 3.68. The lowest BCUT2D eigenvalue weighted by atomic mass is 9.83. The smallest absolute Gasteiger partial charge is 0.257 e. The van der Waals surface area contributed by atoms with Crippen molar-refractivity contribution in [3.8, 4) is 5.75 Å². The van der Waals surface area contributed by atoms with E-state index in [0.717, 1.165) is 30.0 Å². The molecular weight excluding hydrogens is 416 g/mol. The van der Waals surface area contributed by atoms with Crippen molar-refractivity contribution < 1.29 is 14.3 Å². The second-order valence-corrected chi connectivity index (χ2v) is 8.68. The number of nitrogens with zero attached hydrogens (tertiary/aromatic N) is 4. The van der Waals surface area contributed by atoms with Gasteiger partial charge in [0.1, 0.15) is 5.75 Å². The lowest BCUT2D eigenvalue weighted by Gasteiger charge is -2.42. The van der Waals surface area contributed by atoms with E-state index in [1.54, 1.807) is 25.7 Å². The van der Waals surface area contributed by atoms with Crippen LogP contribution in [0.4, 0.5) is 0 Å². The number of rotatable bonds is 6. The maximum absolute atomic E-state index is 13.9. The fraction of sp³-hybridized carbons (Fsp3) is 0.346. The van der Waals surface area contributed by atoms with Gasteiger partial charge in [-0.2, -0.15) is 0 Å². The Morgan fingerprint density at radius 2 is 1.82 bits per heavy atom. The zero-order valence-corrected chi connectivity index (χ0v) is 18.8. The highest BCUT2D eigenvalue weighted by molar-refractivity contribution is 5.88. The SMILES string of the molecule is COc1ccc(CN2C[C@@H](c3cccnc3)[C@]3(C2)OCCN(Cc2ccncc2)C3=O)cc1. The molecule has 3 aromatic rings. The Morgan fingerprint density at radius 1 is 1.03 bits per heavy atom. The minimum absolute atomic E-state index is 0.0525. The molecule has 0 unspecified atom stereocenters. The van der Waals surface area contributed by atoms with Gasteiger partial charge >= 0.3 is 0 Å². The summed E-state index contributed by atoms with van der Waals surface area (Å²) < 4.78 is 11.7. The summed E-state index contributed by atoms with van der Waals surface area (Å²) in [5.74, 6) is 0.802. The molecule has 1 spiro atoms. The van der Waals surface area contributed by atoms with E-state index in [-0.39, 0.29) is 11.8 Å². The minimum atomic E-state index is -0.916. The highest BCUT2D eigenvalue weighted by atomic mass is 16.5. The number of pyridine rings is 2. The predicted octanol–water partition coefficient (Wildman–Crippen LogP) is 2.88. The summed E-state index contributed by atoms with van der Waals surface area (Å²) in [7, 11) is 1.67. The summed E-state index contributed by atoms with van der Waals surface area (Å²) in [6, 6.07) is 16.0. The maximum atomic E-state index is 13.9. The molecule has 0 bridgehead atoms. The fourth-order valence-corrected chi connectivity index (χ4v) is 4.97. The van der Waals surface area contributed by atoms with Crippen LogP contribution in [0.15, 0.2) is 73.3 Å². The van der Waals surface area contributed by atoms with Crippen LogP contribution in [0.2, 0.25) is 0 Å². The molecule has 1 aromatic carbocycles. The number of hydrogen-bond donors (Lipinski definition) is 0. The molecule has 33 heavy (non-hydrogen) atoms. The maximum Gasteiger partial charge on any atom is 0.257 e. The lowest BCUT2D eigenvalue weighted by Crippen LogP contribution is -2.59. The average Bonchev–Trinajstić information content (AvgIpc) is 3.22. The van der Waals surface area contributed by atoms with E-state index in [1.165, 1.54) is 5.56 Å². The van der Waals surface area contributed by atoms with Crippen molar-refractivity contribution in [1.82, 2.24) is 19.8 Å². The molecule has 0 N–H and O–H groups in total. The van der Waals surface area contributed by atoms with Crippen molar-refractivity contribution in [2.45, 2.75) is 24.6 Å². The van der Waals surface area contributed by atoms with E-state index in [9.17, 15) is 4.79 Å². The van der Waals surface area contributed by atoms with Crippen molar-refractivity contribution in [2.24, 2.45) is 0 Å². The van der Waals surface area contributed by atoms with Gasteiger partial charge < -0.3 is 14.4 Å². The highest BCUT2D eigenvalue weighted by Crippen LogP contribution is 2.42. The van der Waals surface area contributed by atoms with Crippen molar-refractivity contribution in [2.75, 3.05) is 33.4 Å². The summed E-state index contributed by atoms with van der Waals surface area (Å²) in [4.78, 5) is 26.6. The van der Waals surface area contributed by atoms with Crippen LogP contribution >= 0.6 is 0 Å². The second kappa shape index (κ2) is 9.29. The zero-order valence-electron chi connectivity index (χ0n) is 18.8. The third-order valence-electron chi connectivity index (χ3n) is 6.61. The van der Waals surface area contributed by atoms with Crippen molar-refractivity contribution in [3.05, 3.63) is 90.0 Å². The molecule has 7 heteroatoms. The number of likely N-dealkylation sites (tertiary alicyclic amines) is 1. The molecule has 2 saturated heterocycles. The van der Waals surface area contributed by atoms with Gasteiger partial charge in [-0.1, -0.05) is 18.2 Å². The van der Waals surface area contributed by atoms with Crippen LogP contribution in [-0.4, -0.2) is 64.6 Å². The Labute approximate surface area is 194 Å². The number of morpholine rings is 1. The third kappa shape index (κ3) is 4.34. The molecule has 170 valence electrons. The first-order valence-corrected chi connectivity index (χ1v) is 11.3. The van der Waals surface area contributed by atoms with Gasteiger partial charge in [-0.15, -0.1) is 0 Å². The van der Waals surface area contributed by atoms with E-state index in [0.29, 0.717) is 26.2 Å². The minimum Gasteiger partial charge on any atom is -0.497 e. The summed E-state index contributed by atoms with van der Waals surface area (Å²) in [6.07, 6.45) is 7.16. The Bertz CT molecular complexity index is 1080. The van der Waals surface area contributed by atoms with Gasteiger partial charge in [0.25, 0.3) is 5.91 Å². The molecule has 0 radical (unpaired) electrons. The van der Waals surface area contributed by atoms with Gasteiger partial charge in [0.15, 0.2) is 5.60 Å². The lowest BCUT2D eigenvalue weighted by molar-refractivity contribution is -0.173. The Hall–Kier alpha value is -3.29. The number of hydrogen-bond acceptors (Lipinski definition) is 6. The van der Waals surface area contributed by atoms with Crippen LogP contribution in [0, 0.1) is 0 Å². The van der Waals surface area contributed by atoms with E-state index in [2.05, 4.69) is 33.1 Å². The number of carbonyl (C=O) groups is 1. The molecule has 2 aliphatic rings. The van der Waals surface area contributed by atoms with Crippen molar-refractivity contribution in [3.63, 3.8) is 0 Å². The molecule has 0 saturated carbocycles. The van der Waals surface area contributed by atoms with E-state index >= 15 is 0 Å². The number of amides is 1. The van der Waals surface area contributed by atoms with Gasteiger partial charge in [0, 0.05) is 63.4 Å². The molecule has 1 amide bonds. The third-order valence-corrected chi connectivity index (χ3v) is 6.61. The number of aromatic nitrogens is 2.